The Labute approximate surface area is 133 Å². The van der Waals surface area contributed by atoms with Crippen LogP contribution >= 0.6 is 0 Å². The Hall–Kier alpha value is -1.30. The molecule has 0 radical (unpaired) electrons. The van der Waals surface area contributed by atoms with Gasteiger partial charge in [-0.15, -0.1) is 0 Å². The summed E-state index contributed by atoms with van der Waals surface area (Å²) in [5, 5.41) is 3.00. The molecule has 0 aliphatic heterocycles. The molecule has 1 fully saturated rings. The van der Waals surface area contributed by atoms with Gasteiger partial charge in [0.2, 0.25) is 0 Å². The number of alkyl carbamates (subject to hydrolysis) is 1. The molecule has 6 heteroatoms. The van der Waals surface area contributed by atoms with Crippen LogP contribution in [0.25, 0.3) is 0 Å². The highest BCUT2D eigenvalue weighted by molar-refractivity contribution is 5.77. The predicted molar refractivity (Wildman–Crippen MR) is 84.3 cm³/mol. The Morgan fingerprint density at radius 3 is 2.05 bits per heavy atom. The second-order valence-corrected chi connectivity index (χ2v) is 7.64. The van der Waals surface area contributed by atoms with E-state index in [1.807, 2.05) is 34.6 Å². The lowest BCUT2D eigenvalue weighted by atomic mass is 9.66. The fraction of sp³-hybridized carbons (Fsp3) is 0.875. The van der Waals surface area contributed by atoms with Crippen molar-refractivity contribution >= 4 is 12.1 Å². The highest BCUT2D eigenvalue weighted by Gasteiger charge is 2.53. The second-order valence-electron chi connectivity index (χ2n) is 7.64. The van der Waals surface area contributed by atoms with Gasteiger partial charge in [-0.3, -0.25) is 4.79 Å². The molecule has 0 aromatic rings. The van der Waals surface area contributed by atoms with Crippen LogP contribution in [-0.4, -0.2) is 36.4 Å². The largest absolute Gasteiger partial charge is 0.468 e. The van der Waals surface area contributed by atoms with E-state index in [9.17, 15) is 9.59 Å². The van der Waals surface area contributed by atoms with Crippen molar-refractivity contribution in [3.8, 4) is 0 Å². The van der Waals surface area contributed by atoms with Crippen molar-refractivity contribution in [2.75, 3.05) is 7.11 Å². The fourth-order valence-corrected chi connectivity index (χ4v) is 3.13. The summed E-state index contributed by atoms with van der Waals surface area (Å²) in [6.45, 7) is 9.26. The van der Waals surface area contributed by atoms with Gasteiger partial charge < -0.3 is 20.5 Å². The Bertz CT molecular complexity index is 420. The molecule has 128 valence electrons. The Balaban J connectivity index is 3.00. The number of carbonyl (C=O) groups is 2. The van der Waals surface area contributed by atoms with Gasteiger partial charge >= 0.3 is 12.1 Å². The Morgan fingerprint density at radius 1 is 1.14 bits per heavy atom. The molecular formula is C16H30N2O4. The van der Waals surface area contributed by atoms with Crippen LogP contribution in [0, 0.1) is 5.41 Å². The van der Waals surface area contributed by atoms with Crippen molar-refractivity contribution in [2.45, 2.75) is 77.5 Å². The van der Waals surface area contributed by atoms with Crippen LogP contribution in [0.4, 0.5) is 4.79 Å². The van der Waals surface area contributed by atoms with Crippen LogP contribution in [0.1, 0.15) is 60.3 Å². The number of methoxy groups -OCH3 is 1. The summed E-state index contributed by atoms with van der Waals surface area (Å²) in [5.74, 6) is -0.470. The van der Waals surface area contributed by atoms with Crippen LogP contribution in [0.15, 0.2) is 0 Å². The van der Waals surface area contributed by atoms with Crippen molar-refractivity contribution in [1.29, 1.82) is 0 Å². The molecule has 1 atom stereocenters. The zero-order valence-corrected chi connectivity index (χ0v) is 14.6. The lowest BCUT2D eigenvalue weighted by molar-refractivity contribution is -0.146. The molecule has 1 unspecified atom stereocenters. The van der Waals surface area contributed by atoms with Crippen molar-refractivity contribution in [2.24, 2.45) is 11.1 Å². The number of carbonyl (C=O) groups excluding carboxylic acids is 2. The standard InChI is InChI=1S/C16H30N2O4/c1-14(2,3)22-13(20)18-16(9-7-8-10-16)15(4,5)11(17)12(19)21-6/h11H,7-10,17H2,1-6H3,(H,18,20). The minimum Gasteiger partial charge on any atom is -0.468 e. The zero-order chi connectivity index (χ0) is 17.2. The average Bonchev–Trinajstić information content (AvgIpc) is 2.84. The normalized spacial score (nSPS) is 19.4. The highest BCUT2D eigenvalue weighted by atomic mass is 16.6. The summed E-state index contributed by atoms with van der Waals surface area (Å²) in [7, 11) is 1.32. The molecule has 0 aromatic carbocycles. The topological polar surface area (TPSA) is 90.6 Å². The van der Waals surface area contributed by atoms with Crippen molar-refractivity contribution < 1.29 is 19.1 Å². The number of hydrogen-bond donors (Lipinski definition) is 2. The second kappa shape index (κ2) is 6.44. The lowest BCUT2D eigenvalue weighted by Gasteiger charge is -2.47. The third-order valence-electron chi connectivity index (χ3n) is 4.66. The van der Waals surface area contributed by atoms with Gasteiger partial charge in [-0.2, -0.15) is 0 Å². The number of rotatable bonds is 4. The molecule has 1 rings (SSSR count). The quantitative estimate of drug-likeness (QED) is 0.777. The molecule has 0 aromatic heterocycles. The first-order valence-electron chi connectivity index (χ1n) is 7.80. The summed E-state index contributed by atoms with van der Waals surface area (Å²) in [6, 6.07) is -0.814. The molecule has 1 aliphatic rings. The average molecular weight is 314 g/mol. The highest BCUT2D eigenvalue weighted by Crippen LogP contribution is 2.45. The third-order valence-corrected chi connectivity index (χ3v) is 4.66. The molecule has 1 saturated carbocycles. The number of nitrogens with one attached hydrogen (secondary N) is 1. The SMILES string of the molecule is COC(=O)C(N)C(C)(C)C1(NC(=O)OC(C)(C)C)CCCC1. The predicted octanol–water partition coefficient (Wildman–Crippen LogP) is 2.35. The molecular weight excluding hydrogens is 284 g/mol. The smallest absolute Gasteiger partial charge is 0.408 e. The van der Waals surface area contributed by atoms with Gasteiger partial charge in [0.25, 0.3) is 0 Å². The Kier molecular flexibility index (Phi) is 5.49. The van der Waals surface area contributed by atoms with Crippen LogP contribution in [0.2, 0.25) is 0 Å². The molecule has 3 N–H and O–H groups in total. The molecule has 22 heavy (non-hydrogen) atoms. The van der Waals surface area contributed by atoms with E-state index >= 15 is 0 Å². The molecule has 0 saturated heterocycles. The van der Waals surface area contributed by atoms with E-state index < -0.39 is 34.7 Å². The maximum Gasteiger partial charge on any atom is 0.408 e. The van der Waals surface area contributed by atoms with Gasteiger partial charge in [-0.25, -0.2) is 4.79 Å². The molecule has 0 spiro atoms. The van der Waals surface area contributed by atoms with Crippen molar-refractivity contribution in [3.63, 3.8) is 0 Å². The maximum absolute atomic E-state index is 12.2. The van der Waals surface area contributed by atoms with Crippen molar-refractivity contribution in [1.82, 2.24) is 5.32 Å². The van der Waals surface area contributed by atoms with Crippen LogP contribution in [0.5, 0.6) is 0 Å². The number of amides is 1. The molecule has 1 amide bonds. The number of hydrogen-bond acceptors (Lipinski definition) is 5. The van der Waals surface area contributed by atoms with Gasteiger partial charge in [0, 0.05) is 5.41 Å². The van der Waals surface area contributed by atoms with E-state index in [2.05, 4.69) is 5.32 Å². The summed E-state index contributed by atoms with van der Waals surface area (Å²) in [6.07, 6.45) is 3.02. The third kappa shape index (κ3) is 3.91. The molecule has 0 bridgehead atoms. The van der Waals surface area contributed by atoms with Gasteiger partial charge in [0.05, 0.1) is 12.6 Å². The number of nitrogens with two attached hydrogens (primary N) is 1. The summed E-state index contributed by atoms with van der Waals surface area (Å²) in [4.78, 5) is 24.1. The first-order chi connectivity index (χ1) is 9.95. The Morgan fingerprint density at radius 2 is 1.64 bits per heavy atom. The fourth-order valence-electron chi connectivity index (χ4n) is 3.13. The number of ether oxygens (including phenoxy) is 2. The van der Waals surface area contributed by atoms with E-state index in [1.54, 1.807) is 0 Å². The van der Waals surface area contributed by atoms with Crippen LogP contribution < -0.4 is 11.1 Å². The molecule has 1 aliphatic carbocycles. The molecule has 0 heterocycles. The summed E-state index contributed by atoms with van der Waals surface area (Å²) in [5.41, 5.74) is 4.32. The first kappa shape index (κ1) is 18.7. The summed E-state index contributed by atoms with van der Waals surface area (Å²) < 4.78 is 10.2. The van der Waals surface area contributed by atoms with E-state index in [-0.39, 0.29) is 0 Å². The zero-order valence-electron chi connectivity index (χ0n) is 14.6. The minimum atomic E-state index is -0.814. The minimum absolute atomic E-state index is 0.470. The van der Waals surface area contributed by atoms with Gasteiger partial charge in [0.1, 0.15) is 11.6 Å². The van der Waals surface area contributed by atoms with Gasteiger partial charge in [0.15, 0.2) is 0 Å². The number of esters is 1. The van der Waals surface area contributed by atoms with Gasteiger partial charge in [-0.05, 0) is 33.6 Å². The van der Waals surface area contributed by atoms with Crippen LogP contribution in [0.3, 0.4) is 0 Å². The first-order valence-corrected chi connectivity index (χ1v) is 7.80. The maximum atomic E-state index is 12.2. The van der Waals surface area contributed by atoms with E-state index in [0.717, 1.165) is 25.7 Å². The van der Waals surface area contributed by atoms with E-state index in [1.165, 1.54) is 7.11 Å². The lowest BCUT2D eigenvalue weighted by Crippen LogP contribution is -2.64. The van der Waals surface area contributed by atoms with Gasteiger partial charge in [-0.1, -0.05) is 26.7 Å². The molecule has 6 nitrogen and oxygen atoms in total. The van der Waals surface area contributed by atoms with Crippen molar-refractivity contribution in [3.05, 3.63) is 0 Å². The van der Waals surface area contributed by atoms with Crippen LogP contribution in [-0.2, 0) is 14.3 Å². The monoisotopic (exact) mass is 314 g/mol. The van der Waals surface area contributed by atoms with E-state index in [4.69, 9.17) is 15.2 Å². The summed E-state index contributed by atoms with van der Waals surface area (Å²) >= 11 is 0. The van der Waals surface area contributed by atoms with E-state index in [0.29, 0.717) is 0 Å².